The van der Waals surface area contributed by atoms with Crippen molar-refractivity contribution in [3.63, 3.8) is 0 Å². The van der Waals surface area contributed by atoms with Crippen molar-refractivity contribution in [2.45, 2.75) is 11.7 Å². The number of thioether (sulfide) groups is 1. The van der Waals surface area contributed by atoms with Crippen LogP contribution in [0.2, 0.25) is 0 Å². The van der Waals surface area contributed by atoms with Crippen molar-refractivity contribution in [1.82, 2.24) is 0 Å². The summed E-state index contributed by atoms with van der Waals surface area (Å²) in [5.41, 5.74) is 5.69. The predicted octanol–water partition coefficient (Wildman–Crippen LogP) is 0.820. The van der Waals surface area contributed by atoms with Crippen LogP contribution in [0.1, 0.15) is 16.8 Å². The highest BCUT2D eigenvalue weighted by Crippen LogP contribution is 2.26. The maximum Gasteiger partial charge on any atom is 0.340 e. The standard InChI is InChI=1S/C11H11N3O4S2/c1-18-10(17)5-2-3-19-9(5)13-7(15)4-6-8(16)14-11(12)20-6/h2-3,6H,4H2,1H3,(H,13,15)(H2,12,14,16). The molecule has 0 radical (unpaired) electrons. The van der Waals surface area contributed by atoms with E-state index in [2.05, 4.69) is 15.0 Å². The third kappa shape index (κ3) is 3.17. The summed E-state index contributed by atoms with van der Waals surface area (Å²) in [5.74, 6) is -1.32. The normalized spacial score (nSPS) is 17.8. The zero-order chi connectivity index (χ0) is 14.7. The molecule has 2 amide bonds. The number of methoxy groups -OCH3 is 1. The SMILES string of the molecule is COC(=O)c1ccsc1NC(=O)CC1SC(N)=NC1=O. The van der Waals surface area contributed by atoms with Crippen molar-refractivity contribution >= 4 is 51.1 Å². The summed E-state index contributed by atoms with van der Waals surface area (Å²) >= 11 is 2.26. The topological polar surface area (TPSA) is 111 Å². The van der Waals surface area contributed by atoms with Gasteiger partial charge in [-0.3, -0.25) is 9.59 Å². The molecule has 1 unspecified atom stereocenters. The molecule has 7 nitrogen and oxygen atoms in total. The second kappa shape index (κ2) is 6.06. The number of carbonyl (C=O) groups excluding carboxylic acids is 3. The number of rotatable bonds is 4. The van der Waals surface area contributed by atoms with Gasteiger partial charge in [-0.05, 0) is 11.4 Å². The van der Waals surface area contributed by atoms with Crippen LogP contribution in [0.3, 0.4) is 0 Å². The van der Waals surface area contributed by atoms with E-state index in [1.165, 1.54) is 18.4 Å². The summed E-state index contributed by atoms with van der Waals surface area (Å²) in [6, 6.07) is 1.56. The number of amides is 2. The largest absolute Gasteiger partial charge is 0.465 e. The van der Waals surface area contributed by atoms with E-state index >= 15 is 0 Å². The van der Waals surface area contributed by atoms with Crippen molar-refractivity contribution in [3.8, 4) is 0 Å². The van der Waals surface area contributed by atoms with Gasteiger partial charge in [0, 0.05) is 6.42 Å². The fraction of sp³-hybridized carbons (Fsp3) is 0.273. The molecule has 0 spiro atoms. The second-order valence-corrected chi connectivity index (χ2v) is 5.94. The molecule has 0 saturated heterocycles. The maximum absolute atomic E-state index is 11.9. The smallest absolute Gasteiger partial charge is 0.340 e. The number of nitrogens with two attached hydrogens (primary N) is 1. The van der Waals surface area contributed by atoms with E-state index < -0.39 is 17.1 Å². The Morgan fingerprint density at radius 1 is 1.55 bits per heavy atom. The maximum atomic E-state index is 11.9. The summed E-state index contributed by atoms with van der Waals surface area (Å²) in [7, 11) is 1.26. The molecule has 9 heteroatoms. The van der Waals surface area contributed by atoms with E-state index in [0.29, 0.717) is 5.00 Å². The number of esters is 1. The van der Waals surface area contributed by atoms with E-state index in [4.69, 9.17) is 5.73 Å². The minimum absolute atomic E-state index is 0.0494. The molecule has 3 N–H and O–H groups in total. The molecule has 0 aromatic carbocycles. The van der Waals surface area contributed by atoms with Crippen LogP contribution in [-0.4, -0.2) is 35.3 Å². The number of hydrogen-bond donors (Lipinski definition) is 2. The molecule has 106 valence electrons. The first kappa shape index (κ1) is 14.5. The van der Waals surface area contributed by atoms with Crippen LogP contribution in [0.5, 0.6) is 0 Å². The van der Waals surface area contributed by atoms with Crippen LogP contribution >= 0.6 is 23.1 Å². The number of ether oxygens (including phenoxy) is 1. The average Bonchev–Trinajstić information content (AvgIpc) is 2.96. The number of nitrogens with one attached hydrogen (secondary N) is 1. The molecule has 1 atom stereocenters. The third-order valence-corrected chi connectivity index (χ3v) is 4.27. The van der Waals surface area contributed by atoms with Crippen LogP contribution in [0.25, 0.3) is 0 Å². The molecular formula is C11H11N3O4S2. The van der Waals surface area contributed by atoms with Crippen molar-refractivity contribution in [1.29, 1.82) is 0 Å². The first-order chi connectivity index (χ1) is 9.51. The molecule has 2 rings (SSSR count). The number of carbonyl (C=O) groups is 3. The lowest BCUT2D eigenvalue weighted by molar-refractivity contribution is -0.121. The lowest BCUT2D eigenvalue weighted by Gasteiger charge is -2.07. The van der Waals surface area contributed by atoms with Crippen molar-refractivity contribution < 1.29 is 19.1 Å². The number of thiophene rings is 1. The van der Waals surface area contributed by atoms with Gasteiger partial charge in [-0.1, -0.05) is 11.8 Å². The highest BCUT2D eigenvalue weighted by Gasteiger charge is 2.29. The Balaban J connectivity index is 1.97. The van der Waals surface area contributed by atoms with Gasteiger partial charge >= 0.3 is 5.97 Å². The molecular weight excluding hydrogens is 302 g/mol. The van der Waals surface area contributed by atoms with Gasteiger partial charge in [0.05, 0.1) is 12.7 Å². The fourth-order valence-corrected chi connectivity index (χ4v) is 3.17. The van der Waals surface area contributed by atoms with Gasteiger partial charge in [0.25, 0.3) is 5.91 Å². The minimum Gasteiger partial charge on any atom is -0.465 e. The Labute approximate surface area is 122 Å². The summed E-state index contributed by atoms with van der Waals surface area (Å²) in [6.45, 7) is 0. The van der Waals surface area contributed by atoms with Gasteiger partial charge in [-0.2, -0.15) is 4.99 Å². The lowest BCUT2D eigenvalue weighted by atomic mass is 10.2. The Hall–Kier alpha value is -1.87. The Kier molecular flexibility index (Phi) is 4.40. The zero-order valence-electron chi connectivity index (χ0n) is 10.4. The molecule has 1 aliphatic rings. The Morgan fingerprint density at radius 3 is 2.90 bits per heavy atom. The number of anilines is 1. The highest BCUT2D eigenvalue weighted by atomic mass is 32.2. The first-order valence-corrected chi connectivity index (χ1v) is 7.27. The molecule has 0 aliphatic carbocycles. The van der Waals surface area contributed by atoms with Crippen LogP contribution < -0.4 is 11.1 Å². The molecule has 0 saturated carbocycles. The van der Waals surface area contributed by atoms with E-state index in [1.807, 2.05) is 0 Å². The Bertz CT molecular complexity index is 596. The first-order valence-electron chi connectivity index (χ1n) is 5.51. The minimum atomic E-state index is -0.600. The van der Waals surface area contributed by atoms with Gasteiger partial charge in [0.2, 0.25) is 5.91 Å². The quantitative estimate of drug-likeness (QED) is 0.796. The number of amidine groups is 1. The zero-order valence-corrected chi connectivity index (χ0v) is 12.0. The van der Waals surface area contributed by atoms with Crippen molar-refractivity contribution in [2.75, 3.05) is 12.4 Å². The molecule has 20 heavy (non-hydrogen) atoms. The number of nitrogens with zero attached hydrogens (tertiary/aromatic N) is 1. The van der Waals surface area contributed by atoms with Crippen LogP contribution in [0.4, 0.5) is 5.00 Å². The van der Waals surface area contributed by atoms with E-state index in [0.717, 1.165) is 11.8 Å². The average molecular weight is 313 g/mol. The van der Waals surface area contributed by atoms with Crippen LogP contribution in [-0.2, 0) is 14.3 Å². The molecule has 1 aliphatic heterocycles. The highest BCUT2D eigenvalue weighted by molar-refractivity contribution is 8.15. The lowest BCUT2D eigenvalue weighted by Crippen LogP contribution is -2.22. The second-order valence-electron chi connectivity index (χ2n) is 3.80. The van der Waals surface area contributed by atoms with Gasteiger partial charge in [-0.15, -0.1) is 11.3 Å². The van der Waals surface area contributed by atoms with Gasteiger partial charge < -0.3 is 15.8 Å². The van der Waals surface area contributed by atoms with Gasteiger partial charge in [0.1, 0.15) is 10.3 Å². The molecule has 2 heterocycles. The van der Waals surface area contributed by atoms with E-state index in [-0.39, 0.29) is 23.1 Å². The van der Waals surface area contributed by atoms with Gasteiger partial charge in [-0.25, -0.2) is 4.79 Å². The number of aliphatic imine (C=N–C) groups is 1. The summed E-state index contributed by atoms with van der Waals surface area (Å²) < 4.78 is 4.60. The number of hydrogen-bond acceptors (Lipinski definition) is 7. The monoisotopic (exact) mass is 313 g/mol. The van der Waals surface area contributed by atoms with E-state index in [1.54, 1.807) is 11.4 Å². The molecule has 1 aromatic heterocycles. The van der Waals surface area contributed by atoms with Crippen LogP contribution in [0, 0.1) is 0 Å². The van der Waals surface area contributed by atoms with E-state index in [9.17, 15) is 14.4 Å². The molecule has 1 aromatic rings. The summed E-state index contributed by atoms with van der Waals surface area (Å²) in [6.07, 6.45) is -0.0494. The molecule has 0 fully saturated rings. The van der Waals surface area contributed by atoms with Gasteiger partial charge in [0.15, 0.2) is 5.17 Å². The summed E-state index contributed by atoms with van der Waals surface area (Å²) in [4.78, 5) is 38.3. The van der Waals surface area contributed by atoms with Crippen molar-refractivity contribution in [2.24, 2.45) is 10.7 Å². The third-order valence-electron chi connectivity index (χ3n) is 2.45. The molecule has 0 bridgehead atoms. The van der Waals surface area contributed by atoms with Crippen molar-refractivity contribution in [3.05, 3.63) is 17.0 Å². The van der Waals surface area contributed by atoms with Crippen LogP contribution in [0.15, 0.2) is 16.4 Å². The fourth-order valence-electron chi connectivity index (χ4n) is 1.55. The predicted molar refractivity (Wildman–Crippen MR) is 76.9 cm³/mol. The Morgan fingerprint density at radius 2 is 2.30 bits per heavy atom. The summed E-state index contributed by atoms with van der Waals surface area (Å²) in [5, 5.41) is 4.21.